The minimum absolute atomic E-state index is 0.0214. The Hall–Kier alpha value is -3.60. The number of fused-ring (bicyclic) bond motifs is 1. The minimum atomic E-state index is -2.72. The van der Waals surface area contributed by atoms with Crippen molar-refractivity contribution >= 4 is 23.3 Å². The van der Waals surface area contributed by atoms with Crippen LogP contribution in [0.15, 0.2) is 36.8 Å². The van der Waals surface area contributed by atoms with Crippen molar-refractivity contribution in [2.45, 2.75) is 44.9 Å². The summed E-state index contributed by atoms with van der Waals surface area (Å²) in [6.07, 6.45) is 6.21. The van der Waals surface area contributed by atoms with E-state index in [0.29, 0.717) is 45.2 Å². The standard InChI is InChI=1S/C23H25F2N7O2/c1-23(2)20-15(21(33)34-23)5-6-18(30-20)29-19-8-17(31-7-3-4-14(26)12-31)16(10-27-19)13-9-28-32(11-13)22(24)25/h5-6,8-11,14,22H,3-4,7,12,26H2,1-2H3,(H,27,29,30)/t14-/m0/s1. The van der Waals surface area contributed by atoms with Gasteiger partial charge in [0.2, 0.25) is 0 Å². The molecule has 34 heavy (non-hydrogen) atoms. The number of carbonyl (C=O) groups excluding carboxylic acids is 1. The first-order valence-corrected chi connectivity index (χ1v) is 11.1. The lowest BCUT2D eigenvalue weighted by Gasteiger charge is -2.34. The second kappa shape index (κ2) is 8.32. The summed E-state index contributed by atoms with van der Waals surface area (Å²) in [6.45, 7) is 2.29. The summed E-state index contributed by atoms with van der Waals surface area (Å²) in [5.74, 6) is 0.640. The number of ether oxygens (including phenoxy) is 1. The van der Waals surface area contributed by atoms with E-state index < -0.39 is 18.1 Å². The zero-order valence-corrected chi connectivity index (χ0v) is 18.8. The zero-order chi connectivity index (χ0) is 24.0. The summed E-state index contributed by atoms with van der Waals surface area (Å²) in [5.41, 5.74) is 8.44. The van der Waals surface area contributed by atoms with Crippen LogP contribution in [0, 0.1) is 0 Å². The molecular formula is C23H25F2N7O2. The predicted molar refractivity (Wildman–Crippen MR) is 122 cm³/mol. The molecule has 2 aliphatic rings. The fraction of sp³-hybridized carbons (Fsp3) is 0.391. The SMILES string of the molecule is CC1(C)OC(=O)c2ccc(Nc3cc(N4CCC[C@H](N)C4)c(-c4cnn(C(F)F)c4)cn3)nc21. The van der Waals surface area contributed by atoms with E-state index in [9.17, 15) is 13.6 Å². The second-order valence-electron chi connectivity index (χ2n) is 9.04. The van der Waals surface area contributed by atoms with Crippen LogP contribution in [-0.4, -0.2) is 44.8 Å². The van der Waals surface area contributed by atoms with Crippen LogP contribution in [0.25, 0.3) is 11.1 Å². The molecule has 5 heterocycles. The molecule has 3 N–H and O–H groups in total. The van der Waals surface area contributed by atoms with Crippen LogP contribution in [-0.2, 0) is 10.3 Å². The molecule has 0 unspecified atom stereocenters. The molecule has 178 valence electrons. The van der Waals surface area contributed by atoms with Gasteiger partial charge in [-0.15, -0.1) is 0 Å². The second-order valence-corrected chi connectivity index (χ2v) is 9.04. The van der Waals surface area contributed by atoms with Gasteiger partial charge in [-0.05, 0) is 38.8 Å². The number of carbonyl (C=O) groups is 1. The van der Waals surface area contributed by atoms with E-state index in [1.807, 2.05) is 6.07 Å². The Balaban J connectivity index is 1.50. The summed E-state index contributed by atoms with van der Waals surface area (Å²) in [4.78, 5) is 23.3. The molecule has 1 saturated heterocycles. The number of piperidine rings is 1. The number of nitrogens with zero attached hydrogens (tertiary/aromatic N) is 5. The quantitative estimate of drug-likeness (QED) is 0.543. The molecular weight excluding hydrogens is 444 g/mol. The summed E-state index contributed by atoms with van der Waals surface area (Å²) in [7, 11) is 0. The number of rotatable bonds is 5. The molecule has 1 atom stereocenters. The van der Waals surface area contributed by atoms with Gasteiger partial charge in [-0.3, -0.25) is 0 Å². The Bertz CT molecular complexity index is 1240. The van der Waals surface area contributed by atoms with E-state index in [4.69, 9.17) is 10.5 Å². The van der Waals surface area contributed by atoms with Crippen LogP contribution in [0.2, 0.25) is 0 Å². The lowest BCUT2D eigenvalue weighted by Crippen LogP contribution is -2.43. The van der Waals surface area contributed by atoms with Gasteiger partial charge in [0, 0.05) is 54.4 Å². The molecule has 2 aliphatic heterocycles. The van der Waals surface area contributed by atoms with Crippen LogP contribution >= 0.6 is 0 Å². The van der Waals surface area contributed by atoms with Crippen molar-refractivity contribution in [2.75, 3.05) is 23.3 Å². The maximum atomic E-state index is 13.1. The van der Waals surface area contributed by atoms with Crippen molar-refractivity contribution in [1.82, 2.24) is 19.7 Å². The highest BCUT2D eigenvalue weighted by molar-refractivity contribution is 5.94. The maximum absolute atomic E-state index is 13.1. The largest absolute Gasteiger partial charge is 0.449 e. The lowest BCUT2D eigenvalue weighted by atomic mass is 10.0. The summed E-state index contributed by atoms with van der Waals surface area (Å²) < 4.78 is 32.2. The summed E-state index contributed by atoms with van der Waals surface area (Å²) in [5, 5.41) is 6.96. The molecule has 0 spiro atoms. The average molecular weight is 469 g/mol. The van der Waals surface area contributed by atoms with Crippen LogP contribution in [0.1, 0.15) is 49.3 Å². The van der Waals surface area contributed by atoms with Gasteiger partial charge in [0.15, 0.2) is 0 Å². The zero-order valence-electron chi connectivity index (χ0n) is 18.8. The molecule has 1 fully saturated rings. The Labute approximate surface area is 194 Å². The van der Waals surface area contributed by atoms with Crippen molar-refractivity contribution in [1.29, 1.82) is 0 Å². The first-order valence-electron chi connectivity index (χ1n) is 11.1. The van der Waals surface area contributed by atoms with Gasteiger partial charge in [0.05, 0.1) is 11.8 Å². The predicted octanol–water partition coefficient (Wildman–Crippen LogP) is 3.81. The highest BCUT2D eigenvalue weighted by atomic mass is 19.3. The molecule has 0 radical (unpaired) electrons. The number of nitrogens with one attached hydrogen (secondary N) is 1. The third kappa shape index (κ3) is 4.07. The van der Waals surface area contributed by atoms with Gasteiger partial charge >= 0.3 is 12.5 Å². The van der Waals surface area contributed by atoms with Gasteiger partial charge in [0.25, 0.3) is 0 Å². The lowest BCUT2D eigenvalue weighted by molar-refractivity contribution is 0.00833. The van der Waals surface area contributed by atoms with E-state index in [1.54, 1.807) is 32.2 Å². The van der Waals surface area contributed by atoms with E-state index in [0.717, 1.165) is 25.1 Å². The van der Waals surface area contributed by atoms with Crippen molar-refractivity contribution < 1.29 is 18.3 Å². The van der Waals surface area contributed by atoms with Gasteiger partial charge in [0.1, 0.15) is 22.9 Å². The fourth-order valence-electron chi connectivity index (χ4n) is 4.43. The molecule has 5 rings (SSSR count). The van der Waals surface area contributed by atoms with Crippen LogP contribution in [0.3, 0.4) is 0 Å². The number of hydrogen-bond acceptors (Lipinski definition) is 8. The number of aromatic nitrogens is 4. The number of pyridine rings is 2. The topological polar surface area (TPSA) is 111 Å². The van der Waals surface area contributed by atoms with Gasteiger partial charge in [-0.1, -0.05) is 0 Å². The molecule has 0 aromatic carbocycles. The number of anilines is 3. The van der Waals surface area contributed by atoms with Crippen LogP contribution in [0.5, 0.6) is 0 Å². The van der Waals surface area contributed by atoms with E-state index in [-0.39, 0.29) is 6.04 Å². The summed E-state index contributed by atoms with van der Waals surface area (Å²) >= 11 is 0. The van der Waals surface area contributed by atoms with Crippen molar-refractivity contribution in [3.05, 3.63) is 48.0 Å². The Morgan fingerprint density at radius 2 is 2.06 bits per heavy atom. The van der Waals surface area contributed by atoms with E-state index in [2.05, 4.69) is 25.3 Å². The molecule has 0 bridgehead atoms. The van der Waals surface area contributed by atoms with E-state index in [1.165, 1.54) is 12.4 Å². The van der Waals surface area contributed by atoms with Gasteiger partial charge in [-0.25, -0.2) is 19.4 Å². The Morgan fingerprint density at radius 3 is 2.79 bits per heavy atom. The molecule has 0 amide bonds. The van der Waals surface area contributed by atoms with Crippen molar-refractivity contribution in [3.8, 4) is 11.1 Å². The Morgan fingerprint density at radius 1 is 1.24 bits per heavy atom. The average Bonchev–Trinajstić information content (AvgIpc) is 3.37. The number of halogens is 2. The van der Waals surface area contributed by atoms with E-state index >= 15 is 0 Å². The first-order chi connectivity index (χ1) is 16.2. The molecule has 3 aromatic rings. The minimum Gasteiger partial charge on any atom is -0.449 e. The highest BCUT2D eigenvalue weighted by Crippen LogP contribution is 2.37. The number of esters is 1. The van der Waals surface area contributed by atoms with Gasteiger partial charge in [-0.2, -0.15) is 13.9 Å². The summed E-state index contributed by atoms with van der Waals surface area (Å²) in [6, 6.07) is 5.25. The first kappa shape index (κ1) is 22.2. The molecule has 0 saturated carbocycles. The maximum Gasteiger partial charge on any atom is 0.341 e. The van der Waals surface area contributed by atoms with Gasteiger partial charge < -0.3 is 20.7 Å². The van der Waals surface area contributed by atoms with Crippen molar-refractivity contribution in [3.63, 3.8) is 0 Å². The normalized spacial score (nSPS) is 19.3. The number of nitrogens with two attached hydrogens (primary N) is 1. The third-order valence-electron chi connectivity index (χ3n) is 6.08. The van der Waals surface area contributed by atoms with Crippen molar-refractivity contribution in [2.24, 2.45) is 5.73 Å². The van der Waals surface area contributed by atoms with Crippen LogP contribution in [0.4, 0.5) is 26.1 Å². The molecule has 9 nitrogen and oxygen atoms in total. The monoisotopic (exact) mass is 469 g/mol. The fourth-order valence-corrected chi connectivity index (χ4v) is 4.43. The number of alkyl halides is 2. The smallest absolute Gasteiger partial charge is 0.341 e. The molecule has 0 aliphatic carbocycles. The third-order valence-corrected chi connectivity index (χ3v) is 6.08. The number of cyclic esters (lactones) is 1. The molecule has 11 heteroatoms. The number of hydrogen-bond donors (Lipinski definition) is 2. The van der Waals surface area contributed by atoms with Crippen LogP contribution < -0.4 is 16.0 Å². The molecule has 3 aromatic heterocycles. The highest BCUT2D eigenvalue weighted by Gasteiger charge is 2.39. The Kier molecular flexibility index (Phi) is 5.43.